The summed E-state index contributed by atoms with van der Waals surface area (Å²) in [5.41, 5.74) is 2.46. The van der Waals surface area contributed by atoms with E-state index in [1.165, 1.54) is 12.3 Å². The summed E-state index contributed by atoms with van der Waals surface area (Å²) >= 11 is 3.37. The monoisotopic (exact) mass is 274 g/mol. The average molecular weight is 275 g/mol. The van der Waals surface area contributed by atoms with Gasteiger partial charge in [-0.25, -0.2) is 4.79 Å². The largest absolute Gasteiger partial charge is 0.262 e. The van der Waals surface area contributed by atoms with Crippen LogP contribution in [0.4, 0.5) is 5.69 Å². The maximum Gasteiger partial charge on any atom is 0.240 e. The van der Waals surface area contributed by atoms with Crippen molar-refractivity contribution in [3.63, 3.8) is 0 Å². The lowest BCUT2D eigenvalue weighted by molar-refractivity contribution is 0.565. The summed E-state index contributed by atoms with van der Waals surface area (Å²) in [4.78, 5) is 17.7. The maximum atomic E-state index is 10.1. The highest BCUT2D eigenvalue weighted by Crippen LogP contribution is 2.24. The van der Waals surface area contributed by atoms with Gasteiger partial charge in [-0.3, -0.25) is 4.98 Å². The molecule has 0 aliphatic rings. The highest BCUT2D eigenvalue weighted by atomic mass is 79.9. The number of halogens is 1. The molecule has 0 N–H and O–H groups in total. The van der Waals surface area contributed by atoms with E-state index in [1.807, 2.05) is 24.3 Å². The fourth-order valence-corrected chi connectivity index (χ4v) is 1.61. The molecule has 4 heteroatoms. The van der Waals surface area contributed by atoms with E-state index in [4.69, 9.17) is 0 Å². The second-order valence-electron chi connectivity index (χ2n) is 3.14. The van der Waals surface area contributed by atoms with Crippen LogP contribution in [0.2, 0.25) is 0 Å². The molecule has 1 heterocycles. The number of hydrogen-bond acceptors (Lipinski definition) is 3. The van der Waals surface area contributed by atoms with Gasteiger partial charge in [0.05, 0.1) is 11.9 Å². The van der Waals surface area contributed by atoms with Gasteiger partial charge in [-0.15, -0.1) is 0 Å². The van der Waals surface area contributed by atoms with Crippen LogP contribution in [-0.2, 0) is 4.79 Å². The van der Waals surface area contributed by atoms with Gasteiger partial charge in [0.2, 0.25) is 6.08 Å². The normalized spacial score (nSPS) is 9.56. The Morgan fingerprint density at radius 3 is 2.56 bits per heavy atom. The predicted molar refractivity (Wildman–Crippen MR) is 65.2 cm³/mol. The third kappa shape index (κ3) is 2.42. The first-order valence-corrected chi connectivity index (χ1v) is 5.38. The first kappa shape index (κ1) is 10.7. The molecule has 78 valence electrons. The molecule has 1 aromatic carbocycles. The van der Waals surface area contributed by atoms with Crippen LogP contribution < -0.4 is 0 Å². The zero-order valence-electron chi connectivity index (χ0n) is 8.22. The number of aromatic nitrogens is 1. The number of carbonyl (C=O) groups excluding carboxylic acids is 1. The number of aliphatic imine (C=N–C) groups is 1. The van der Waals surface area contributed by atoms with Crippen molar-refractivity contribution < 1.29 is 4.79 Å². The Labute approximate surface area is 101 Å². The van der Waals surface area contributed by atoms with E-state index in [0.29, 0.717) is 5.69 Å². The predicted octanol–water partition coefficient (Wildman–Crippen LogP) is 3.48. The molecule has 0 saturated carbocycles. The molecule has 0 radical (unpaired) electrons. The van der Waals surface area contributed by atoms with Crippen LogP contribution in [0, 0.1) is 0 Å². The number of rotatable bonds is 2. The van der Waals surface area contributed by atoms with Crippen molar-refractivity contribution in [2.24, 2.45) is 4.99 Å². The van der Waals surface area contributed by atoms with Crippen molar-refractivity contribution >= 4 is 27.7 Å². The summed E-state index contributed by atoms with van der Waals surface area (Å²) < 4.78 is 1.02. The lowest BCUT2D eigenvalue weighted by Gasteiger charge is -2.01. The van der Waals surface area contributed by atoms with Crippen LogP contribution in [0.25, 0.3) is 11.1 Å². The minimum absolute atomic E-state index is 0.510. The van der Waals surface area contributed by atoms with Crippen LogP contribution in [0.3, 0.4) is 0 Å². The van der Waals surface area contributed by atoms with Gasteiger partial charge in [-0.2, -0.15) is 4.99 Å². The van der Waals surface area contributed by atoms with Crippen molar-refractivity contribution in [1.29, 1.82) is 0 Å². The molecule has 0 fully saturated rings. The Kier molecular flexibility index (Phi) is 3.25. The van der Waals surface area contributed by atoms with Gasteiger partial charge in [0.25, 0.3) is 0 Å². The quantitative estimate of drug-likeness (QED) is 0.622. The molecule has 16 heavy (non-hydrogen) atoms. The molecule has 0 aliphatic carbocycles. The molecule has 2 aromatic rings. The zero-order chi connectivity index (χ0) is 11.4. The lowest BCUT2D eigenvalue weighted by atomic mass is 10.1. The molecular weight excluding hydrogens is 268 g/mol. The van der Waals surface area contributed by atoms with E-state index in [1.54, 1.807) is 12.3 Å². The average Bonchev–Trinajstić information content (AvgIpc) is 2.31. The second kappa shape index (κ2) is 4.84. The van der Waals surface area contributed by atoms with Crippen molar-refractivity contribution in [1.82, 2.24) is 4.98 Å². The minimum atomic E-state index is 0.510. The van der Waals surface area contributed by atoms with E-state index in [0.717, 1.165) is 15.6 Å². The van der Waals surface area contributed by atoms with Gasteiger partial charge in [-0.1, -0.05) is 28.1 Å². The Morgan fingerprint density at radius 1 is 1.12 bits per heavy atom. The van der Waals surface area contributed by atoms with Crippen LogP contribution in [-0.4, -0.2) is 11.1 Å². The van der Waals surface area contributed by atoms with Crippen molar-refractivity contribution in [3.8, 4) is 11.1 Å². The van der Waals surface area contributed by atoms with Gasteiger partial charge < -0.3 is 0 Å². The van der Waals surface area contributed by atoms with Crippen LogP contribution in [0.5, 0.6) is 0 Å². The van der Waals surface area contributed by atoms with Gasteiger partial charge >= 0.3 is 0 Å². The first-order chi connectivity index (χ1) is 7.79. The number of pyridine rings is 1. The maximum absolute atomic E-state index is 10.1. The Morgan fingerprint density at radius 2 is 1.88 bits per heavy atom. The summed E-state index contributed by atoms with van der Waals surface area (Å²) in [7, 11) is 0. The summed E-state index contributed by atoms with van der Waals surface area (Å²) in [6, 6.07) is 9.63. The molecule has 2 rings (SSSR count). The molecular formula is C12H7BrN2O. The summed E-state index contributed by atoms with van der Waals surface area (Å²) in [6.45, 7) is 0. The zero-order valence-corrected chi connectivity index (χ0v) is 9.81. The van der Waals surface area contributed by atoms with Crippen LogP contribution in [0.15, 0.2) is 52.2 Å². The first-order valence-electron chi connectivity index (χ1n) is 4.58. The van der Waals surface area contributed by atoms with Crippen molar-refractivity contribution in [2.45, 2.75) is 0 Å². The Bertz CT molecular complexity index is 545. The number of isocyanates is 1. The summed E-state index contributed by atoms with van der Waals surface area (Å²) in [5, 5.41) is 0. The fourth-order valence-electron chi connectivity index (χ4n) is 1.34. The molecule has 0 aliphatic heterocycles. The van der Waals surface area contributed by atoms with Gasteiger partial charge in [0.1, 0.15) is 0 Å². The molecule has 0 unspecified atom stereocenters. The number of nitrogens with zero attached hydrogens (tertiary/aromatic N) is 2. The van der Waals surface area contributed by atoms with Crippen molar-refractivity contribution in [2.75, 3.05) is 0 Å². The molecule has 0 spiro atoms. The van der Waals surface area contributed by atoms with Crippen LogP contribution >= 0.6 is 15.9 Å². The topological polar surface area (TPSA) is 42.3 Å². The van der Waals surface area contributed by atoms with E-state index < -0.39 is 0 Å². The molecule has 0 bridgehead atoms. The van der Waals surface area contributed by atoms with E-state index in [2.05, 4.69) is 25.9 Å². The number of hydrogen-bond donors (Lipinski definition) is 0. The summed E-state index contributed by atoms with van der Waals surface area (Å²) in [5.74, 6) is 0. The third-order valence-corrected chi connectivity index (χ3v) is 2.60. The van der Waals surface area contributed by atoms with Gasteiger partial charge in [0, 0.05) is 16.2 Å². The lowest BCUT2D eigenvalue weighted by Crippen LogP contribution is -1.79. The number of benzene rings is 1. The standard InChI is InChI=1S/C12H7BrN2O/c13-11-3-1-9(2-4-11)10-5-12(15-8-16)7-14-6-10/h1-7H. The SMILES string of the molecule is O=C=Nc1cncc(-c2ccc(Br)cc2)c1. The summed E-state index contributed by atoms with van der Waals surface area (Å²) in [6.07, 6.45) is 4.75. The molecule has 0 amide bonds. The van der Waals surface area contributed by atoms with E-state index >= 15 is 0 Å². The molecule has 0 saturated heterocycles. The van der Waals surface area contributed by atoms with Gasteiger partial charge in [0.15, 0.2) is 0 Å². The molecule has 0 atom stereocenters. The highest BCUT2D eigenvalue weighted by Gasteiger charge is 1.99. The second-order valence-corrected chi connectivity index (χ2v) is 4.06. The minimum Gasteiger partial charge on any atom is -0.262 e. The Hall–Kier alpha value is -1.77. The fraction of sp³-hybridized carbons (Fsp3) is 0. The van der Waals surface area contributed by atoms with Gasteiger partial charge in [-0.05, 0) is 23.8 Å². The van der Waals surface area contributed by atoms with Crippen LogP contribution in [0.1, 0.15) is 0 Å². The molecule has 1 aromatic heterocycles. The smallest absolute Gasteiger partial charge is 0.240 e. The Balaban J connectivity index is 2.43. The van der Waals surface area contributed by atoms with Crippen molar-refractivity contribution in [3.05, 3.63) is 47.2 Å². The van der Waals surface area contributed by atoms with E-state index in [-0.39, 0.29) is 0 Å². The highest BCUT2D eigenvalue weighted by molar-refractivity contribution is 9.10. The molecule has 3 nitrogen and oxygen atoms in total. The van der Waals surface area contributed by atoms with E-state index in [9.17, 15) is 4.79 Å². The third-order valence-electron chi connectivity index (χ3n) is 2.08.